The van der Waals surface area contributed by atoms with E-state index in [9.17, 15) is 0 Å². The maximum Gasteiger partial charge on any atom is 0 e. The molecule has 0 aliphatic rings. The van der Waals surface area contributed by atoms with E-state index >= 15 is 0 Å². The molecule has 0 N–H and O–H groups in total. The number of rotatable bonds is 0. The first kappa shape index (κ1) is 9.08. The molecule has 0 aliphatic carbocycles. The van der Waals surface area contributed by atoms with Gasteiger partial charge < -0.3 is 0 Å². The molecule has 0 rings (SSSR count). The minimum Gasteiger partial charge on any atom is -0.0919 e. The zero-order valence-corrected chi connectivity index (χ0v) is 4.94. The van der Waals surface area contributed by atoms with Crippen molar-refractivity contribution in [2.45, 2.75) is 13.8 Å². The Balaban J connectivity index is 0. The first-order valence-corrected chi connectivity index (χ1v) is 1.49. The smallest absolute Gasteiger partial charge is 0 e. The summed E-state index contributed by atoms with van der Waals surface area (Å²) in [5.41, 5.74) is 0. The molecule has 0 nitrogen and oxygen atoms in total. The fourth-order valence-electron chi connectivity index (χ4n) is 0. The van der Waals surface area contributed by atoms with Gasteiger partial charge >= 0.3 is 0 Å². The van der Waals surface area contributed by atoms with Crippen LogP contribution >= 0.6 is 0 Å². The van der Waals surface area contributed by atoms with E-state index in [0.717, 1.165) is 0 Å². The molecule has 0 amide bonds. The molecule has 0 fully saturated rings. The largest absolute Gasteiger partial charge is 0.0919 e. The summed E-state index contributed by atoms with van der Waals surface area (Å²) in [5.74, 6) is 0. The summed E-state index contributed by atoms with van der Waals surface area (Å²) in [7, 11) is 0. The molecular formula is C4H8Ag. The molecule has 5 heavy (non-hydrogen) atoms. The van der Waals surface area contributed by atoms with Gasteiger partial charge in [-0.3, -0.25) is 0 Å². The fraction of sp³-hybridized carbons (Fsp3) is 0.500. The normalized spacial score (nSPS) is 7.60. The van der Waals surface area contributed by atoms with Crippen molar-refractivity contribution in [1.82, 2.24) is 0 Å². The zero-order valence-electron chi connectivity index (χ0n) is 3.46. The maximum absolute atomic E-state index is 2.00. The minimum absolute atomic E-state index is 0. The first-order chi connectivity index (χ1) is 1.91. The van der Waals surface area contributed by atoms with Crippen LogP contribution in [0.5, 0.6) is 0 Å². The van der Waals surface area contributed by atoms with E-state index in [-0.39, 0.29) is 22.4 Å². The van der Waals surface area contributed by atoms with Crippen molar-refractivity contribution in [3.63, 3.8) is 0 Å². The third-order valence-electron chi connectivity index (χ3n) is 0.333. The molecule has 0 saturated carbocycles. The van der Waals surface area contributed by atoms with E-state index in [1.807, 2.05) is 26.0 Å². The van der Waals surface area contributed by atoms with Crippen LogP contribution in [0.2, 0.25) is 0 Å². The van der Waals surface area contributed by atoms with Gasteiger partial charge in [-0.05, 0) is 13.8 Å². The average molecular weight is 164 g/mol. The molecule has 0 aromatic heterocycles. The van der Waals surface area contributed by atoms with Crippen LogP contribution in [-0.4, -0.2) is 0 Å². The third kappa shape index (κ3) is 12.6. The summed E-state index contributed by atoms with van der Waals surface area (Å²) in [6.45, 7) is 4.00. The zero-order chi connectivity index (χ0) is 3.41. The summed E-state index contributed by atoms with van der Waals surface area (Å²) < 4.78 is 0. The Morgan fingerprint density at radius 1 is 1.00 bits per heavy atom. The van der Waals surface area contributed by atoms with Crippen LogP contribution in [0.3, 0.4) is 0 Å². The van der Waals surface area contributed by atoms with E-state index in [2.05, 4.69) is 0 Å². The second-order valence-electron chi connectivity index (χ2n) is 0.667. The van der Waals surface area contributed by atoms with Crippen molar-refractivity contribution >= 4 is 0 Å². The predicted molar refractivity (Wildman–Crippen MR) is 20.5 cm³/mol. The van der Waals surface area contributed by atoms with Gasteiger partial charge in [0.1, 0.15) is 0 Å². The Morgan fingerprint density at radius 2 is 1.20 bits per heavy atom. The van der Waals surface area contributed by atoms with E-state index in [1.165, 1.54) is 0 Å². The monoisotopic (exact) mass is 163 g/mol. The van der Waals surface area contributed by atoms with Gasteiger partial charge in [-0.1, -0.05) is 12.2 Å². The average Bonchev–Trinajstić information content (AvgIpc) is 1.37. The Hall–Kier alpha value is 0.480. The summed E-state index contributed by atoms with van der Waals surface area (Å²) in [5, 5.41) is 0. The van der Waals surface area contributed by atoms with Gasteiger partial charge in [0.15, 0.2) is 0 Å². The molecule has 35 valence electrons. The van der Waals surface area contributed by atoms with Crippen LogP contribution in [0.4, 0.5) is 0 Å². The molecule has 0 saturated heterocycles. The van der Waals surface area contributed by atoms with Crippen molar-refractivity contribution in [3.8, 4) is 0 Å². The predicted octanol–water partition coefficient (Wildman–Crippen LogP) is 1.58. The Kier molecular flexibility index (Phi) is 16.0. The summed E-state index contributed by atoms with van der Waals surface area (Å²) >= 11 is 0. The van der Waals surface area contributed by atoms with Crippen LogP contribution in [-0.2, 0) is 22.4 Å². The van der Waals surface area contributed by atoms with E-state index in [0.29, 0.717) is 0 Å². The number of allylic oxidation sites excluding steroid dienone is 2. The molecule has 1 radical (unpaired) electrons. The third-order valence-corrected chi connectivity index (χ3v) is 0.333. The minimum atomic E-state index is 0. The van der Waals surface area contributed by atoms with Crippen molar-refractivity contribution in [2.75, 3.05) is 0 Å². The van der Waals surface area contributed by atoms with Crippen molar-refractivity contribution in [3.05, 3.63) is 12.2 Å². The molecular weight excluding hydrogens is 156 g/mol. The van der Waals surface area contributed by atoms with Gasteiger partial charge in [-0.2, -0.15) is 0 Å². The van der Waals surface area contributed by atoms with Crippen LogP contribution in [0.15, 0.2) is 12.2 Å². The summed E-state index contributed by atoms with van der Waals surface area (Å²) in [4.78, 5) is 0. The molecule has 0 aliphatic heterocycles. The topological polar surface area (TPSA) is 0 Å². The fourth-order valence-corrected chi connectivity index (χ4v) is 0. The van der Waals surface area contributed by atoms with Crippen LogP contribution < -0.4 is 0 Å². The molecule has 0 spiro atoms. The van der Waals surface area contributed by atoms with Crippen molar-refractivity contribution in [2.24, 2.45) is 0 Å². The maximum atomic E-state index is 2.00. The summed E-state index contributed by atoms with van der Waals surface area (Å²) in [6, 6.07) is 0. The van der Waals surface area contributed by atoms with Crippen molar-refractivity contribution in [1.29, 1.82) is 0 Å². The van der Waals surface area contributed by atoms with Crippen LogP contribution in [0.25, 0.3) is 0 Å². The van der Waals surface area contributed by atoms with Gasteiger partial charge in [0, 0.05) is 22.4 Å². The molecule has 0 aromatic carbocycles. The van der Waals surface area contributed by atoms with Gasteiger partial charge in [-0.25, -0.2) is 0 Å². The second kappa shape index (κ2) is 8.82. The standard InChI is InChI=1S/C4H8.Ag/c1-3-4-2;/h3-4H,1-2H3;. The molecule has 0 heterocycles. The molecule has 1 heteroatoms. The number of hydrogen-bond donors (Lipinski definition) is 0. The first-order valence-electron chi connectivity index (χ1n) is 1.49. The molecule has 0 aromatic rings. The van der Waals surface area contributed by atoms with Crippen LogP contribution in [0, 0.1) is 0 Å². The SMILES string of the molecule is CC=CC.[Ag]. The van der Waals surface area contributed by atoms with Gasteiger partial charge in [-0.15, -0.1) is 0 Å². The van der Waals surface area contributed by atoms with E-state index in [1.54, 1.807) is 0 Å². The van der Waals surface area contributed by atoms with Crippen molar-refractivity contribution < 1.29 is 22.4 Å². The molecule has 0 unspecified atom stereocenters. The number of hydrogen-bond acceptors (Lipinski definition) is 0. The van der Waals surface area contributed by atoms with E-state index in [4.69, 9.17) is 0 Å². The Bertz CT molecular complexity index is 18.8. The second-order valence-corrected chi connectivity index (χ2v) is 0.667. The van der Waals surface area contributed by atoms with Gasteiger partial charge in [0.05, 0.1) is 0 Å². The Morgan fingerprint density at radius 3 is 1.20 bits per heavy atom. The van der Waals surface area contributed by atoms with E-state index < -0.39 is 0 Å². The summed E-state index contributed by atoms with van der Waals surface area (Å²) in [6.07, 6.45) is 4.00. The quantitative estimate of drug-likeness (QED) is 0.376. The molecule has 0 atom stereocenters. The Labute approximate surface area is 48.8 Å². The molecule has 0 bridgehead atoms. The van der Waals surface area contributed by atoms with Gasteiger partial charge in [0.25, 0.3) is 0 Å². The van der Waals surface area contributed by atoms with Crippen LogP contribution in [0.1, 0.15) is 13.8 Å². The van der Waals surface area contributed by atoms with Gasteiger partial charge in [0.2, 0.25) is 0 Å².